The van der Waals surface area contributed by atoms with E-state index < -0.39 is 4.92 Å². The van der Waals surface area contributed by atoms with E-state index in [1.165, 1.54) is 29.2 Å². The molecule has 7 nitrogen and oxygen atoms in total. The van der Waals surface area contributed by atoms with E-state index in [2.05, 4.69) is 43.0 Å². The highest BCUT2D eigenvalue weighted by atomic mass is 16.6. The average Bonchev–Trinajstić information content (AvgIpc) is 2.78. The zero-order valence-corrected chi connectivity index (χ0v) is 17.6. The Labute approximate surface area is 180 Å². The Balaban J connectivity index is 1.40. The van der Waals surface area contributed by atoms with Gasteiger partial charge in [-0.25, -0.2) is 4.98 Å². The lowest BCUT2D eigenvalue weighted by Crippen LogP contribution is -2.48. The summed E-state index contributed by atoms with van der Waals surface area (Å²) >= 11 is 0. The van der Waals surface area contributed by atoms with Crippen LogP contribution in [0.5, 0.6) is 0 Å². The number of para-hydroxylation sites is 1. The van der Waals surface area contributed by atoms with Crippen molar-refractivity contribution in [2.45, 2.75) is 13.8 Å². The van der Waals surface area contributed by atoms with Crippen LogP contribution < -0.4 is 4.90 Å². The van der Waals surface area contributed by atoms with Gasteiger partial charge < -0.3 is 9.80 Å². The number of hydrogen-bond acceptors (Lipinski definition) is 5. The van der Waals surface area contributed by atoms with Crippen LogP contribution in [-0.2, 0) is 4.79 Å². The van der Waals surface area contributed by atoms with Crippen LogP contribution in [0.25, 0.3) is 17.0 Å². The number of carbonyl (C=O) groups excluding carboxylic acids is 1. The molecule has 3 aromatic rings. The van der Waals surface area contributed by atoms with E-state index in [-0.39, 0.29) is 11.6 Å². The molecule has 0 unspecified atom stereocenters. The van der Waals surface area contributed by atoms with Crippen molar-refractivity contribution in [3.63, 3.8) is 0 Å². The van der Waals surface area contributed by atoms with Gasteiger partial charge in [0.15, 0.2) is 0 Å². The van der Waals surface area contributed by atoms with E-state index in [9.17, 15) is 14.9 Å². The number of hydrogen-bond donors (Lipinski definition) is 0. The minimum atomic E-state index is -0.439. The lowest BCUT2D eigenvalue weighted by Gasteiger charge is -2.35. The summed E-state index contributed by atoms with van der Waals surface area (Å²) in [5.74, 6) is 0.893. The van der Waals surface area contributed by atoms with Gasteiger partial charge in [0.2, 0.25) is 5.91 Å². The topological polar surface area (TPSA) is 79.6 Å². The minimum absolute atomic E-state index is 0.0346. The second-order valence-corrected chi connectivity index (χ2v) is 7.76. The third-order valence-corrected chi connectivity index (χ3v) is 5.67. The van der Waals surface area contributed by atoms with Crippen molar-refractivity contribution in [3.05, 3.63) is 81.4 Å². The Morgan fingerprint density at radius 1 is 1.03 bits per heavy atom. The number of piperazine rings is 1. The molecule has 1 saturated heterocycles. The van der Waals surface area contributed by atoms with Crippen LogP contribution in [0.15, 0.2) is 54.6 Å². The Morgan fingerprint density at radius 2 is 1.74 bits per heavy atom. The molecule has 0 bridgehead atoms. The Kier molecular flexibility index (Phi) is 5.66. The highest BCUT2D eigenvalue weighted by Crippen LogP contribution is 2.25. The maximum atomic E-state index is 12.6. The molecule has 0 atom stereocenters. The predicted octanol–water partition coefficient (Wildman–Crippen LogP) is 4.12. The van der Waals surface area contributed by atoms with Crippen LogP contribution >= 0.6 is 0 Å². The summed E-state index contributed by atoms with van der Waals surface area (Å²) in [7, 11) is 0. The van der Waals surface area contributed by atoms with Gasteiger partial charge in [-0.15, -0.1) is 0 Å². The van der Waals surface area contributed by atoms with Gasteiger partial charge in [0, 0.05) is 49.8 Å². The van der Waals surface area contributed by atoms with E-state index in [0.717, 1.165) is 35.6 Å². The number of fused-ring (bicyclic) bond motifs is 1. The largest absolute Gasteiger partial charge is 0.353 e. The van der Waals surface area contributed by atoms with Crippen molar-refractivity contribution in [2.75, 3.05) is 31.1 Å². The van der Waals surface area contributed by atoms with Crippen LogP contribution in [0.1, 0.15) is 16.7 Å². The molecule has 31 heavy (non-hydrogen) atoms. The summed E-state index contributed by atoms with van der Waals surface area (Å²) in [4.78, 5) is 31.8. The SMILES string of the molecule is Cc1cc(N2CCN(C(=O)/C=C/c3ccc([N+](=O)[O-])cc3)CC2)nc2c(C)cccc12. The molecule has 1 aromatic heterocycles. The number of nitro groups is 1. The first-order chi connectivity index (χ1) is 14.9. The van der Waals surface area contributed by atoms with Gasteiger partial charge in [-0.1, -0.05) is 18.2 Å². The number of rotatable bonds is 4. The van der Waals surface area contributed by atoms with E-state index in [4.69, 9.17) is 4.98 Å². The van der Waals surface area contributed by atoms with Gasteiger partial charge in [-0.3, -0.25) is 14.9 Å². The molecule has 0 aliphatic carbocycles. The third kappa shape index (κ3) is 4.40. The van der Waals surface area contributed by atoms with Crippen LogP contribution in [0.3, 0.4) is 0 Å². The first-order valence-electron chi connectivity index (χ1n) is 10.3. The number of pyridine rings is 1. The van der Waals surface area contributed by atoms with Gasteiger partial charge in [0.1, 0.15) is 5.82 Å². The maximum Gasteiger partial charge on any atom is 0.269 e. The average molecular weight is 416 g/mol. The number of carbonyl (C=O) groups is 1. The molecule has 0 N–H and O–H groups in total. The molecule has 2 heterocycles. The van der Waals surface area contributed by atoms with Crippen molar-refractivity contribution >= 4 is 34.4 Å². The number of nitrogens with zero attached hydrogens (tertiary/aromatic N) is 4. The number of amides is 1. The maximum absolute atomic E-state index is 12.6. The fourth-order valence-electron chi connectivity index (χ4n) is 3.84. The number of nitro benzene ring substituents is 1. The van der Waals surface area contributed by atoms with Gasteiger partial charge in [-0.2, -0.15) is 0 Å². The summed E-state index contributed by atoms with van der Waals surface area (Å²) < 4.78 is 0. The fraction of sp³-hybridized carbons (Fsp3) is 0.250. The highest BCUT2D eigenvalue weighted by molar-refractivity contribution is 5.92. The fourth-order valence-corrected chi connectivity index (χ4v) is 3.84. The summed E-state index contributed by atoms with van der Waals surface area (Å²) in [6, 6.07) is 14.5. The lowest BCUT2D eigenvalue weighted by atomic mass is 10.1. The van der Waals surface area contributed by atoms with Crippen molar-refractivity contribution in [1.29, 1.82) is 0 Å². The lowest BCUT2D eigenvalue weighted by molar-refractivity contribution is -0.384. The molecule has 0 spiro atoms. The number of non-ortho nitro benzene ring substituents is 1. The number of benzene rings is 2. The molecule has 1 fully saturated rings. The summed E-state index contributed by atoms with van der Waals surface area (Å²) in [5, 5.41) is 11.9. The Bertz CT molecular complexity index is 1160. The molecule has 4 rings (SSSR count). The quantitative estimate of drug-likeness (QED) is 0.363. The standard InChI is InChI=1S/C24H24N4O3/c1-17-4-3-5-21-18(2)16-22(25-24(17)21)26-12-14-27(15-13-26)23(29)11-8-19-6-9-20(10-7-19)28(30)31/h3-11,16H,12-15H2,1-2H3/b11-8+. The second-order valence-electron chi connectivity index (χ2n) is 7.76. The second kappa shape index (κ2) is 8.55. The van der Waals surface area contributed by atoms with E-state index in [0.29, 0.717) is 13.1 Å². The molecule has 0 saturated carbocycles. The van der Waals surface area contributed by atoms with Crippen molar-refractivity contribution < 1.29 is 9.72 Å². The molecular formula is C24H24N4O3. The zero-order chi connectivity index (χ0) is 22.0. The Morgan fingerprint density at radius 3 is 2.42 bits per heavy atom. The Hall–Kier alpha value is -3.74. The van der Waals surface area contributed by atoms with Crippen molar-refractivity contribution in [2.24, 2.45) is 0 Å². The van der Waals surface area contributed by atoms with Crippen molar-refractivity contribution in [1.82, 2.24) is 9.88 Å². The van der Waals surface area contributed by atoms with Gasteiger partial charge >= 0.3 is 0 Å². The predicted molar refractivity (Wildman–Crippen MR) is 122 cm³/mol. The molecule has 1 aliphatic heterocycles. The summed E-state index contributed by atoms with van der Waals surface area (Å²) in [5.41, 5.74) is 4.18. The van der Waals surface area contributed by atoms with Crippen LogP contribution in [0, 0.1) is 24.0 Å². The van der Waals surface area contributed by atoms with Gasteiger partial charge in [0.25, 0.3) is 5.69 Å². The van der Waals surface area contributed by atoms with Crippen LogP contribution in [0.2, 0.25) is 0 Å². The number of aromatic nitrogens is 1. The van der Waals surface area contributed by atoms with Crippen LogP contribution in [-0.4, -0.2) is 46.9 Å². The molecule has 0 radical (unpaired) electrons. The van der Waals surface area contributed by atoms with Crippen LogP contribution in [0.4, 0.5) is 11.5 Å². The normalized spacial score (nSPS) is 14.4. The minimum Gasteiger partial charge on any atom is -0.353 e. The smallest absolute Gasteiger partial charge is 0.269 e. The van der Waals surface area contributed by atoms with Crippen molar-refractivity contribution in [3.8, 4) is 0 Å². The molecule has 158 valence electrons. The molecule has 7 heteroatoms. The highest BCUT2D eigenvalue weighted by Gasteiger charge is 2.21. The monoisotopic (exact) mass is 416 g/mol. The summed E-state index contributed by atoms with van der Waals surface area (Å²) in [6.45, 7) is 6.87. The molecule has 2 aromatic carbocycles. The first-order valence-corrected chi connectivity index (χ1v) is 10.3. The van der Waals surface area contributed by atoms with E-state index >= 15 is 0 Å². The molecular weight excluding hydrogens is 392 g/mol. The molecule has 1 amide bonds. The number of aryl methyl sites for hydroxylation is 2. The zero-order valence-electron chi connectivity index (χ0n) is 17.6. The van der Waals surface area contributed by atoms with E-state index in [1.54, 1.807) is 18.2 Å². The summed E-state index contributed by atoms with van der Waals surface area (Å²) in [6.07, 6.45) is 3.22. The van der Waals surface area contributed by atoms with Gasteiger partial charge in [-0.05, 0) is 54.8 Å². The van der Waals surface area contributed by atoms with Gasteiger partial charge in [0.05, 0.1) is 10.4 Å². The van der Waals surface area contributed by atoms with E-state index in [1.807, 2.05) is 4.90 Å². The first kappa shape index (κ1) is 20.5. The third-order valence-electron chi connectivity index (χ3n) is 5.67. The molecule has 1 aliphatic rings. The number of anilines is 1.